The third-order valence-corrected chi connectivity index (χ3v) is 3.19. The molecule has 3 nitrogen and oxygen atoms in total. The van der Waals surface area contributed by atoms with E-state index in [1.54, 1.807) is 13.8 Å². The molecule has 0 radical (unpaired) electrons. The summed E-state index contributed by atoms with van der Waals surface area (Å²) >= 11 is 0. The number of rotatable bonds is 11. The average Bonchev–Trinajstić information content (AvgIpc) is 2.47. The van der Waals surface area contributed by atoms with E-state index in [4.69, 9.17) is 10.2 Å². The molecule has 3 N–H and O–H groups in total. The van der Waals surface area contributed by atoms with Crippen molar-refractivity contribution in [3.05, 3.63) is 0 Å². The van der Waals surface area contributed by atoms with E-state index in [2.05, 4.69) is 13.8 Å². The van der Waals surface area contributed by atoms with Crippen LogP contribution in [0.3, 0.4) is 0 Å². The Morgan fingerprint density at radius 2 is 0.905 bits per heavy atom. The summed E-state index contributed by atoms with van der Waals surface area (Å²) in [7, 11) is 0. The molecular weight excluding hydrogens is 264 g/mol. The Hall–Kier alpha value is -0.120. The van der Waals surface area contributed by atoms with Gasteiger partial charge in [0.1, 0.15) is 0 Å². The van der Waals surface area contributed by atoms with Gasteiger partial charge in [0, 0.05) is 19.8 Å². The highest BCUT2D eigenvalue weighted by atomic mass is 16.3. The molecule has 0 saturated heterocycles. The van der Waals surface area contributed by atoms with E-state index in [0.29, 0.717) is 12.5 Å². The molecule has 0 unspecified atom stereocenters. The molecule has 0 saturated carbocycles. The maximum Gasteiger partial charge on any atom is 0.0459 e. The molecule has 0 fully saturated rings. The fraction of sp³-hybridized carbons (Fsp3) is 1.00. The SMILES string of the molecule is CCCCCCC(CO)CCCCCC.CCO.CCO. The molecule has 21 heavy (non-hydrogen) atoms. The van der Waals surface area contributed by atoms with Gasteiger partial charge in [0.15, 0.2) is 0 Å². The van der Waals surface area contributed by atoms with Crippen molar-refractivity contribution in [2.45, 2.75) is 91.9 Å². The largest absolute Gasteiger partial charge is 0.397 e. The Bertz CT molecular complexity index is 126. The van der Waals surface area contributed by atoms with Gasteiger partial charge in [-0.2, -0.15) is 0 Å². The third-order valence-electron chi connectivity index (χ3n) is 3.19. The van der Waals surface area contributed by atoms with E-state index in [1.165, 1.54) is 64.2 Å². The van der Waals surface area contributed by atoms with E-state index in [0.717, 1.165) is 0 Å². The molecule has 3 heteroatoms. The van der Waals surface area contributed by atoms with Crippen molar-refractivity contribution in [2.24, 2.45) is 5.92 Å². The predicted octanol–water partition coefficient (Wildman–Crippen LogP) is 4.53. The van der Waals surface area contributed by atoms with Gasteiger partial charge < -0.3 is 15.3 Å². The summed E-state index contributed by atoms with van der Waals surface area (Å²) in [6, 6.07) is 0. The van der Waals surface area contributed by atoms with Gasteiger partial charge in [-0.15, -0.1) is 0 Å². The molecule has 0 spiro atoms. The minimum atomic E-state index is 0.250. The number of unbranched alkanes of at least 4 members (excludes halogenated alkanes) is 6. The van der Waals surface area contributed by atoms with Crippen LogP contribution in [-0.2, 0) is 0 Å². The molecule has 0 heterocycles. The van der Waals surface area contributed by atoms with E-state index in [-0.39, 0.29) is 13.2 Å². The Balaban J connectivity index is -0.000000460. The zero-order chi connectivity index (χ0) is 16.8. The zero-order valence-electron chi connectivity index (χ0n) is 15.1. The van der Waals surface area contributed by atoms with Gasteiger partial charge in [0.2, 0.25) is 0 Å². The van der Waals surface area contributed by atoms with E-state index >= 15 is 0 Å². The normalized spacial score (nSPS) is 9.71. The molecule has 0 atom stereocenters. The third kappa shape index (κ3) is 33.0. The van der Waals surface area contributed by atoms with Crippen molar-refractivity contribution in [3.63, 3.8) is 0 Å². The zero-order valence-corrected chi connectivity index (χ0v) is 15.1. The molecule has 0 aromatic heterocycles. The van der Waals surface area contributed by atoms with Gasteiger partial charge >= 0.3 is 0 Å². The summed E-state index contributed by atoms with van der Waals surface area (Å²) in [5.41, 5.74) is 0. The summed E-state index contributed by atoms with van der Waals surface area (Å²) < 4.78 is 0. The first-order chi connectivity index (χ1) is 10.2. The average molecular weight is 307 g/mol. The topological polar surface area (TPSA) is 60.7 Å². The minimum Gasteiger partial charge on any atom is -0.397 e. The Kier molecular flexibility index (Phi) is 34.5. The van der Waals surface area contributed by atoms with Gasteiger partial charge in [0.05, 0.1) is 0 Å². The summed E-state index contributed by atoms with van der Waals surface area (Å²) in [6.45, 7) is 8.75. The molecule has 0 aliphatic carbocycles. The van der Waals surface area contributed by atoms with Crippen LogP contribution in [0.5, 0.6) is 0 Å². The molecule has 132 valence electrons. The minimum absolute atomic E-state index is 0.250. The Labute approximate surface area is 133 Å². The Morgan fingerprint density at radius 3 is 1.14 bits per heavy atom. The molecule has 0 rings (SSSR count). The van der Waals surface area contributed by atoms with Crippen LogP contribution in [0.2, 0.25) is 0 Å². The first kappa shape index (κ1) is 25.8. The van der Waals surface area contributed by atoms with E-state index in [9.17, 15) is 5.11 Å². The summed E-state index contributed by atoms with van der Waals surface area (Å²) in [4.78, 5) is 0. The van der Waals surface area contributed by atoms with Crippen LogP contribution < -0.4 is 0 Å². The molecule has 0 aliphatic heterocycles. The Morgan fingerprint density at radius 1 is 0.571 bits per heavy atom. The van der Waals surface area contributed by atoms with Gasteiger partial charge in [-0.25, -0.2) is 0 Å². The highest BCUT2D eigenvalue weighted by molar-refractivity contribution is 4.58. The van der Waals surface area contributed by atoms with Gasteiger partial charge in [-0.3, -0.25) is 0 Å². The number of hydrogen-bond acceptors (Lipinski definition) is 3. The maximum atomic E-state index is 9.24. The van der Waals surface area contributed by atoms with Crippen LogP contribution in [0, 0.1) is 5.92 Å². The predicted molar refractivity (Wildman–Crippen MR) is 93.6 cm³/mol. The molecule has 0 amide bonds. The van der Waals surface area contributed by atoms with Crippen molar-refractivity contribution in [1.29, 1.82) is 0 Å². The van der Waals surface area contributed by atoms with E-state index in [1.807, 2.05) is 0 Å². The molecule has 0 bridgehead atoms. The maximum absolute atomic E-state index is 9.24. The summed E-state index contributed by atoms with van der Waals surface area (Å²) in [6.07, 6.45) is 13.1. The standard InChI is InChI=1S/C14H30O.2C2H6O/c1-3-5-7-9-11-14(13-15)12-10-8-6-4-2;2*1-2-3/h14-15H,3-13H2,1-2H3;2*3H,2H2,1H3. The van der Waals surface area contributed by atoms with Gasteiger partial charge in [-0.1, -0.05) is 65.2 Å². The van der Waals surface area contributed by atoms with E-state index < -0.39 is 0 Å². The monoisotopic (exact) mass is 306 g/mol. The lowest BCUT2D eigenvalue weighted by atomic mass is 9.95. The van der Waals surface area contributed by atoms with Crippen molar-refractivity contribution in [3.8, 4) is 0 Å². The molecule has 0 aromatic carbocycles. The lowest BCUT2D eigenvalue weighted by molar-refractivity contribution is 0.204. The highest BCUT2D eigenvalue weighted by Crippen LogP contribution is 2.17. The van der Waals surface area contributed by atoms with Crippen LogP contribution in [0.25, 0.3) is 0 Å². The van der Waals surface area contributed by atoms with Crippen LogP contribution in [0.1, 0.15) is 91.9 Å². The highest BCUT2D eigenvalue weighted by Gasteiger charge is 2.06. The van der Waals surface area contributed by atoms with Crippen LogP contribution >= 0.6 is 0 Å². The lowest BCUT2D eigenvalue weighted by Gasteiger charge is -2.13. The van der Waals surface area contributed by atoms with Crippen LogP contribution in [-0.4, -0.2) is 35.1 Å². The second-order valence-corrected chi connectivity index (χ2v) is 5.38. The van der Waals surface area contributed by atoms with Crippen molar-refractivity contribution >= 4 is 0 Å². The van der Waals surface area contributed by atoms with Gasteiger partial charge in [0.25, 0.3) is 0 Å². The lowest BCUT2D eigenvalue weighted by Crippen LogP contribution is -2.06. The fourth-order valence-corrected chi connectivity index (χ4v) is 2.05. The van der Waals surface area contributed by atoms with Crippen LogP contribution in [0.15, 0.2) is 0 Å². The number of aliphatic hydroxyl groups is 3. The summed E-state index contributed by atoms with van der Waals surface area (Å²) in [5.74, 6) is 0.582. The second kappa shape index (κ2) is 28.1. The first-order valence-corrected chi connectivity index (χ1v) is 9.00. The van der Waals surface area contributed by atoms with Gasteiger partial charge in [-0.05, 0) is 32.6 Å². The van der Waals surface area contributed by atoms with Crippen molar-refractivity contribution < 1.29 is 15.3 Å². The molecular formula is C18H42O3. The summed E-state index contributed by atoms with van der Waals surface area (Å²) in [5, 5.41) is 24.4. The number of aliphatic hydroxyl groups excluding tert-OH is 3. The fourth-order valence-electron chi connectivity index (χ4n) is 2.05. The quantitative estimate of drug-likeness (QED) is 0.491. The van der Waals surface area contributed by atoms with Crippen molar-refractivity contribution in [2.75, 3.05) is 19.8 Å². The molecule has 0 aromatic rings. The number of hydrogen-bond donors (Lipinski definition) is 3. The first-order valence-electron chi connectivity index (χ1n) is 9.00. The van der Waals surface area contributed by atoms with Crippen LogP contribution in [0.4, 0.5) is 0 Å². The smallest absolute Gasteiger partial charge is 0.0459 e. The van der Waals surface area contributed by atoms with Crippen molar-refractivity contribution in [1.82, 2.24) is 0 Å². The second-order valence-electron chi connectivity index (χ2n) is 5.38. The molecule has 0 aliphatic rings.